The fourth-order valence-electron chi connectivity index (χ4n) is 4.01. The van der Waals surface area contributed by atoms with Crippen molar-refractivity contribution in [2.45, 2.75) is 60.0 Å². The highest BCUT2D eigenvalue weighted by atomic mass is 19.1. The minimum Gasteiger partial charge on any atom is -0.385 e. The molecule has 1 aromatic carbocycles. The maximum absolute atomic E-state index is 13.6. The van der Waals surface area contributed by atoms with Crippen molar-refractivity contribution in [2.75, 3.05) is 20.3 Å². The van der Waals surface area contributed by atoms with E-state index in [4.69, 9.17) is 4.74 Å². The van der Waals surface area contributed by atoms with E-state index in [1.165, 1.54) is 6.07 Å². The Morgan fingerprint density at radius 1 is 1.23 bits per heavy atom. The van der Waals surface area contributed by atoms with Crippen molar-refractivity contribution < 1.29 is 13.9 Å². The summed E-state index contributed by atoms with van der Waals surface area (Å²) in [4.78, 5) is 15.0. The maximum Gasteiger partial charge on any atom is 0.223 e. The molecule has 0 aliphatic carbocycles. The molecule has 0 N–H and O–H groups in total. The molecule has 0 saturated carbocycles. The summed E-state index contributed by atoms with van der Waals surface area (Å²) < 4.78 is 20.8. The Labute approximate surface area is 181 Å². The van der Waals surface area contributed by atoms with Gasteiger partial charge in [0, 0.05) is 45.1 Å². The zero-order valence-electron chi connectivity index (χ0n) is 19.2. The summed E-state index contributed by atoms with van der Waals surface area (Å²) in [6, 6.07) is 10.7. The Kier molecular flexibility index (Phi) is 9.09. The van der Waals surface area contributed by atoms with Crippen LogP contribution in [-0.4, -0.2) is 35.6 Å². The minimum atomic E-state index is -0.231. The van der Waals surface area contributed by atoms with Gasteiger partial charge in [-0.05, 0) is 54.0 Å². The molecular weight excluding hydrogens is 379 g/mol. The third-order valence-corrected chi connectivity index (χ3v) is 5.13. The molecule has 2 rings (SSSR count). The molecule has 1 heterocycles. The predicted molar refractivity (Wildman–Crippen MR) is 120 cm³/mol. The van der Waals surface area contributed by atoms with E-state index in [0.717, 1.165) is 24.1 Å². The van der Waals surface area contributed by atoms with E-state index in [-0.39, 0.29) is 17.1 Å². The monoisotopic (exact) mass is 416 g/mol. The number of benzene rings is 1. The van der Waals surface area contributed by atoms with Gasteiger partial charge in [-0.15, -0.1) is 0 Å². The van der Waals surface area contributed by atoms with Gasteiger partial charge < -0.3 is 14.2 Å². The molecule has 1 unspecified atom stereocenters. The van der Waals surface area contributed by atoms with Crippen molar-refractivity contribution >= 4 is 5.91 Å². The van der Waals surface area contributed by atoms with Crippen LogP contribution in [0.4, 0.5) is 4.39 Å². The van der Waals surface area contributed by atoms with Gasteiger partial charge in [0.25, 0.3) is 0 Å². The molecular formula is C25H37FN2O2. The number of ether oxygens (including phenoxy) is 1. The van der Waals surface area contributed by atoms with Crippen LogP contribution >= 0.6 is 0 Å². The number of carbonyl (C=O) groups is 1. The van der Waals surface area contributed by atoms with E-state index in [0.29, 0.717) is 38.6 Å². The second-order valence-corrected chi connectivity index (χ2v) is 9.49. The molecule has 0 spiro atoms. The highest BCUT2D eigenvalue weighted by Crippen LogP contribution is 2.26. The Morgan fingerprint density at radius 2 is 2.00 bits per heavy atom. The number of nitrogens with zero attached hydrogens (tertiary/aromatic N) is 2. The fraction of sp³-hybridized carbons (Fsp3) is 0.560. The molecule has 30 heavy (non-hydrogen) atoms. The van der Waals surface area contributed by atoms with Crippen LogP contribution in [0, 0.1) is 17.2 Å². The van der Waals surface area contributed by atoms with Crippen LogP contribution in [0.25, 0.3) is 0 Å². The predicted octanol–water partition coefficient (Wildman–Crippen LogP) is 5.50. The van der Waals surface area contributed by atoms with E-state index >= 15 is 0 Å². The molecule has 2 aromatic rings. The summed E-state index contributed by atoms with van der Waals surface area (Å²) in [7, 11) is 1.68. The highest BCUT2D eigenvalue weighted by molar-refractivity contribution is 5.76. The van der Waals surface area contributed by atoms with Gasteiger partial charge in [0.1, 0.15) is 5.82 Å². The number of amides is 1. The van der Waals surface area contributed by atoms with Crippen molar-refractivity contribution in [3.05, 3.63) is 59.7 Å². The molecule has 5 heteroatoms. The molecule has 166 valence electrons. The van der Waals surface area contributed by atoms with E-state index in [2.05, 4.69) is 32.3 Å². The summed E-state index contributed by atoms with van der Waals surface area (Å²) in [5.74, 6) is 0.285. The Bertz CT molecular complexity index is 794. The lowest BCUT2D eigenvalue weighted by Crippen LogP contribution is -2.34. The van der Waals surface area contributed by atoms with Gasteiger partial charge in [-0.3, -0.25) is 4.79 Å². The number of halogens is 1. The molecule has 0 radical (unpaired) electrons. The van der Waals surface area contributed by atoms with Gasteiger partial charge >= 0.3 is 0 Å². The van der Waals surface area contributed by atoms with Gasteiger partial charge in [-0.25, -0.2) is 4.39 Å². The third-order valence-electron chi connectivity index (χ3n) is 5.13. The van der Waals surface area contributed by atoms with Gasteiger partial charge in [-0.1, -0.05) is 39.8 Å². The number of hydrogen-bond donors (Lipinski definition) is 0. The first-order chi connectivity index (χ1) is 14.2. The second kappa shape index (κ2) is 11.3. The van der Waals surface area contributed by atoms with Crippen molar-refractivity contribution in [1.82, 2.24) is 9.47 Å². The van der Waals surface area contributed by atoms with Crippen molar-refractivity contribution in [2.24, 2.45) is 11.3 Å². The van der Waals surface area contributed by atoms with Crippen LogP contribution in [0.1, 0.15) is 58.2 Å². The Morgan fingerprint density at radius 3 is 2.67 bits per heavy atom. The zero-order chi connectivity index (χ0) is 22.1. The molecule has 0 aliphatic heterocycles. The Balaban J connectivity index is 2.09. The summed E-state index contributed by atoms with van der Waals surface area (Å²) in [6.07, 6.45) is 4.36. The average molecular weight is 417 g/mol. The standard InChI is InChI=1S/C25H37FN2O2/c1-20(17-25(2,3)4)15-24(29)28(13-8-14-30-5)19-23-11-7-12-27(23)18-21-9-6-10-22(26)16-21/h6-7,9-12,16,20H,8,13-15,17-19H2,1-5H3. The molecule has 0 bridgehead atoms. The average Bonchev–Trinajstić information content (AvgIpc) is 3.06. The molecule has 0 fully saturated rings. The van der Waals surface area contributed by atoms with Crippen LogP contribution in [0.15, 0.2) is 42.6 Å². The van der Waals surface area contributed by atoms with Gasteiger partial charge in [0.2, 0.25) is 5.91 Å². The van der Waals surface area contributed by atoms with Gasteiger partial charge in [-0.2, -0.15) is 0 Å². The first-order valence-electron chi connectivity index (χ1n) is 10.8. The summed E-state index contributed by atoms with van der Waals surface area (Å²) in [5, 5.41) is 0. The van der Waals surface area contributed by atoms with E-state index < -0.39 is 0 Å². The van der Waals surface area contributed by atoms with Crippen LogP contribution in [0.2, 0.25) is 0 Å². The number of aromatic nitrogens is 1. The second-order valence-electron chi connectivity index (χ2n) is 9.49. The number of rotatable bonds is 11. The maximum atomic E-state index is 13.6. The molecule has 0 aliphatic rings. The van der Waals surface area contributed by atoms with Crippen LogP contribution in [0.5, 0.6) is 0 Å². The molecule has 1 aromatic heterocycles. The SMILES string of the molecule is COCCCN(Cc1cccn1Cc1cccc(F)c1)C(=O)CC(C)CC(C)(C)C. The van der Waals surface area contributed by atoms with Crippen molar-refractivity contribution in [3.8, 4) is 0 Å². The topological polar surface area (TPSA) is 34.5 Å². The van der Waals surface area contributed by atoms with E-state index in [9.17, 15) is 9.18 Å². The van der Waals surface area contributed by atoms with Crippen LogP contribution in [0.3, 0.4) is 0 Å². The quantitative estimate of drug-likeness (QED) is 0.453. The van der Waals surface area contributed by atoms with Crippen LogP contribution < -0.4 is 0 Å². The first kappa shape index (κ1) is 24.1. The normalized spacial score (nSPS) is 12.7. The lowest BCUT2D eigenvalue weighted by Gasteiger charge is -2.27. The minimum absolute atomic E-state index is 0.182. The lowest BCUT2D eigenvalue weighted by atomic mass is 9.84. The fourth-order valence-corrected chi connectivity index (χ4v) is 4.01. The molecule has 0 saturated heterocycles. The number of carbonyl (C=O) groups excluding carboxylic acids is 1. The Hall–Kier alpha value is -2.14. The van der Waals surface area contributed by atoms with E-state index in [1.54, 1.807) is 19.2 Å². The van der Waals surface area contributed by atoms with Crippen molar-refractivity contribution in [3.63, 3.8) is 0 Å². The van der Waals surface area contributed by atoms with Gasteiger partial charge in [0.05, 0.1) is 6.54 Å². The number of methoxy groups -OCH3 is 1. The number of hydrogen-bond acceptors (Lipinski definition) is 2. The largest absolute Gasteiger partial charge is 0.385 e. The van der Waals surface area contributed by atoms with Crippen LogP contribution in [-0.2, 0) is 22.6 Å². The molecule has 1 amide bonds. The highest BCUT2D eigenvalue weighted by Gasteiger charge is 2.22. The van der Waals surface area contributed by atoms with Crippen molar-refractivity contribution in [1.29, 1.82) is 0 Å². The summed E-state index contributed by atoms with van der Waals surface area (Å²) in [5.41, 5.74) is 2.16. The summed E-state index contributed by atoms with van der Waals surface area (Å²) >= 11 is 0. The molecule has 4 nitrogen and oxygen atoms in total. The lowest BCUT2D eigenvalue weighted by molar-refractivity contribution is -0.133. The zero-order valence-corrected chi connectivity index (χ0v) is 19.2. The van der Waals surface area contributed by atoms with E-state index in [1.807, 2.05) is 29.3 Å². The smallest absolute Gasteiger partial charge is 0.223 e. The first-order valence-corrected chi connectivity index (χ1v) is 10.8. The summed E-state index contributed by atoms with van der Waals surface area (Å²) in [6.45, 7) is 11.2. The molecule has 1 atom stereocenters. The van der Waals surface area contributed by atoms with Gasteiger partial charge in [0.15, 0.2) is 0 Å². The third kappa shape index (κ3) is 8.31.